The molecule has 1 aliphatic rings. The predicted molar refractivity (Wildman–Crippen MR) is 125 cm³/mol. The van der Waals surface area contributed by atoms with E-state index in [9.17, 15) is 10.1 Å². The lowest BCUT2D eigenvalue weighted by molar-refractivity contribution is -0.0599. The van der Waals surface area contributed by atoms with Crippen molar-refractivity contribution in [2.45, 2.75) is 51.0 Å². The molecule has 0 spiro atoms. The molecule has 0 N–H and O–H groups in total. The number of methoxy groups -OCH3 is 1. The quantitative estimate of drug-likeness (QED) is 0.339. The molecule has 0 aromatic heterocycles. The lowest BCUT2D eigenvalue weighted by Gasteiger charge is -2.42. The van der Waals surface area contributed by atoms with E-state index in [1.807, 2.05) is 14.1 Å². The molecule has 0 saturated carbocycles. The van der Waals surface area contributed by atoms with E-state index in [1.54, 1.807) is 38.1 Å². The zero-order valence-electron chi connectivity index (χ0n) is 20.2. The molecule has 1 heterocycles. The average Bonchev–Trinajstić information content (AvgIpc) is 2.72. The Hall–Kier alpha value is -3.28. The molecule has 8 nitrogen and oxygen atoms in total. The number of hydrogen-bond donors (Lipinski definition) is 0. The average molecular weight is 461 g/mol. The molecule has 1 aliphatic heterocycles. The van der Waals surface area contributed by atoms with Crippen LogP contribution < -0.4 is 9.47 Å². The van der Waals surface area contributed by atoms with Crippen molar-refractivity contribution in [1.29, 1.82) is 5.26 Å². The van der Waals surface area contributed by atoms with Gasteiger partial charge in [0.2, 0.25) is 0 Å². The summed E-state index contributed by atoms with van der Waals surface area (Å²) in [5, 5.41) is 9.57. The number of rotatable bonds is 7. The van der Waals surface area contributed by atoms with Crippen LogP contribution in [-0.4, -0.2) is 73.9 Å². The van der Waals surface area contributed by atoms with E-state index in [1.165, 1.54) is 24.2 Å². The number of alkyl halides is 1. The van der Waals surface area contributed by atoms with E-state index in [4.69, 9.17) is 14.2 Å². The third-order valence-electron chi connectivity index (χ3n) is 4.93. The minimum absolute atomic E-state index is 0.0183. The maximum atomic E-state index is 16.1. The second-order valence-corrected chi connectivity index (χ2v) is 9.16. The Morgan fingerprint density at radius 2 is 2.12 bits per heavy atom. The van der Waals surface area contributed by atoms with Crippen LogP contribution in [0.1, 0.15) is 39.2 Å². The van der Waals surface area contributed by atoms with Crippen LogP contribution in [0.4, 0.5) is 14.9 Å². The minimum atomic E-state index is -1.89. The summed E-state index contributed by atoms with van der Waals surface area (Å²) in [6.45, 7) is 9.02. The molecule has 1 amide bonds. The summed E-state index contributed by atoms with van der Waals surface area (Å²) in [4.78, 5) is 19.9. The van der Waals surface area contributed by atoms with Crippen molar-refractivity contribution in [3.63, 3.8) is 0 Å². The van der Waals surface area contributed by atoms with Crippen LogP contribution in [-0.2, 0) is 4.74 Å². The van der Waals surface area contributed by atoms with E-state index in [0.717, 1.165) is 0 Å². The Morgan fingerprint density at radius 1 is 1.42 bits per heavy atom. The first kappa shape index (κ1) is 26.0. The summed E-state index contributed by atoms with van der Waals surface area (Å²) in [5.41, 5.74) is -1.90. The summed E-state index contributed by atoms with van der Waals surface area (Å²) in [6.07, 6.45) is 1.79. The highest BCUT2D eigenvalue weighted by Crippen LogP contribution is 2.39. The zero-order valence-corrected chi connectivity index (χ0v) is 20.2. The largest absolute Gasteiger partial charge is 0.493 e. The Bertz CT molecular complexity index is 936. The summed E-state index contributed by atoms with van der Waals surface area (Å²) < 4.78 is 33.0. The summed E-state index contributed by atoms with van der Waals surface area (Å²) in [7, 11) is 5.09. The Balaban J connectivity index is 2.32. The molecule has 1 saturated heterocycles. The molecule has 180 valence electrons. The fourth-order valence-electron chi connectivity index (χ4n) is 3.44. The van der Waals surface area contributed by atoms with Gasteiger partial charge in [0.1, 0.15) is 17.8 Å². The summed E-state index contributed by atoms with van der Waals surface area (Å²) in [5.74, 6) is 0.565. The lowest BCUT2D eigenvalue weighted by Crippen LogP contribution is -2.58. The highest BCUT2D eigenvalue weighted by Gasteiger charge is 2.47. The van der Waals surface area contributed by atoms with Crippen molar-refractivity contribution in [1.82, 2.24) is 9.80 Å². The van der Waals surface area contributed by atoms with Gasteiger partial charge in [0.15, 0.2) is 17.2 Å². The number of nitrogens with zero attached hydrogens (tertiary/aromatic N) is 4. The van der Waals surface area contributed by atoms with E-state index >= 15 is 4.39 Å². The number of nitriles is 1. The van der Waals surface area contributed by atoms with Crippen molar-refractivity contribution in [2.75, 3.05) is 34.3 Å². The number of aliphatic imine (C=N–C) groups is 1. The number of likely N-dealkylation sites (tertiary alicyclic amines) is 1. The number of halogens is 1. The monoisotopic (exact) mass is 460 g/mol. The minimum Gasteiger partial charge on any atom is -0.493 e. The first-order chi connectivity index (χ1) is 15.4. The lowest BCUT2D eigenvalue weighted by atomic mass is 9.88. The molecule has 33 heavy (non-hydrogen) atoms. The van der Waals surface area contributed by atoms with Crippen molar-refractivity contribution >= 4 is 18.1 Å². The van der Waals surface area contributed by atoms with Gasteiger partial charge >= 0.3 is 6.09 Å². The number of carbonyl (C=O) groups is 1. The SMILES string of the molecule is C=CCC1(F)CN(C(=O)OC(C)(C)C)CCC1Oc1cc(C#N)c(N=CN(C)C)cc1OC. The highest BCUT2D eigenvalue weighted by atomic mass is 19.1. The van der Waals surface area contributed by atoms with Gasteiger partial charge < -0.3 is 24.0 Å². The maximum Gasteiger partial charge on any atom is 0.410 e. The second kappa shape index (κ2) is 10.6. The fourth-order valence-corrected chi connectivity index (χ4v) is 3.44. The highest BCUT2D eigenvalue weighted by molar-refractivity contribution is 5.69. The number of ether oxygens (including phenoxy) is 3. The van der Waals surface area contributed by atoms with Crippen LogP contribution in [0.2, 0.25) is 0 Å². The Morgan fingerprint density at radius 3 is 2.67 bits per heavy atom. The number of benzene rings is 1. The molecule has 1 fully saturated rings. The van der Waals surface area contributed by atoms with E-state index in [-0.39, 0.29) is 37.2 Å². The van der Waals surface area contributed by atoms with E-state index in [2.05, 4.69) is 17.6 Å². The zero-order chi connectivity index (χ0) is 24.8. The fraction of sp³-hybridized carbons (Fsp3) is 0.542. The van der Waals surface area contributed by atoms with Gasteiger partial charge in [-0.3, -0.25) is 0 Å². The number of carbonyl (C=O) groups excluding carboxylic acids is 1. The van der Waals surface area contributed by atoms with E-state index < -0.39 is 23.5 Å². The van der Waals surface area contributed by atoms with Crippen LogP contribution in [0, 0.1) is 11.3 Å². The van der Waals surface area contributed by atoms with Crippen molar-refractivity contribution in [3.05, 3.63) is 30.4 Å². The third-order valence-corrected chi connectivity index (χ3v) is 4.93. The summed E-state index contributed by atoms with van der Waals surface area (Å²) in [6, 6.07) is 5.17. The van der Waals surface area contributed by atoms with Gasteiger partial charge in [-0.15, -0.1) is 6.58 Å². The van der Waals surface area contributed by atoms with Gasteiger partial charge in [0.25, 0.3) is 0 Å². The molecule has 0 radical (unpaired) electrons. The number of hydrogen-bond acceptors (Lipinski definition) is 6. The molecule has 2 unspecified atom stereocenters. The van der Waals surface area contributed by atoms with Crippen molar-refractivity contribution in [3.8, 4) is 17.6 Å². The molecule has 2 atom stereocenters. The first-order valence-corrected chi connectivity index (χ1v) is 10.7. The number of piperidine rings is 1. The topological polar surface area (TPSA) is 87.4 Å². The molecule has 0 bridgehead atoms. The van der Waals surface area contributed by atoms with Gasteiger partial charge in [-0.25, -0.2) is 14.2 Å². The first-order valence-electron chi connectivity index (χ1n) is 10.7. The summed E-state index contributed by atoms with van der Waals surface area (Å²) >= 11 is 0. The standard InChI is InChI=1S/C24H33FN4O4/c1-8-10-24(25)15-29(22(30)33-23(2,3)4)11-9-21(24)32-20-12-17(14-26)18(13-19(20)31-7)27-16-28(5)6/h8,12-13,16,21H,1,9-11,15H2,2-7H3. The predicted octanol–water partition coefficient (Wildman–Crippen LogP) is 4.46. The van der Waals surface area contributed by atoms with Crippen LogP contribution in [0.25, 0.3) is 0 Å². The molecule has 2 rings (SSSR count). The Labute approximate surface area is 195 Å². The smallest absolute Gasteiger partial charge is 0.410 e. The maximum absolute atomic E-state index is 16.1. The Kier molecular flexibility index (Phi) is 8.31. The molecule has 0 aliphatic carbocycles. The van der Waals surface area contributed by atoms with Crippen LogP contribution in [0.15, 0.2) is 29.8 Å². The van der Waals surface area contributed by atoms with Gasteiger partial charge in [-0.2, -0.15) is 5.26 Å². The number of allylic oxidation sites excluding steroid dienone is 1. The van der Waals surface area contributed by atoms with Crippen LogP contribution in [0.5, 0.6) is 11.5 Å². The molecular weight excluding hydrogens is 427 g/mol. The molecule has 9 heteroatoms. The molecule has 1 aromatic carbocycles. The van der Waals surface area contributed by atoms with Crippen LogP contribution >= 0.6 is 0 Å². The van der Waals surface area contributed by atoms with Crippen molar-refractivity contribution in [2.24, 2.45) is 4.99 Å². The van der Waals surface area contributed by atoms with Gasteiger partial charge in [-0.1, -0.05) is 6.08 Å². The third kappa shape index (κ3) is 6.85. The van der Waals surface area contributed by atoms with Gasteiger partial charge in [-0.05, 0) is 20.8 Å². The van der Waals surface area contributed by atoms with Gasteiger partial charge in [0, 0.05) is 45.6 Å². The van der Waals surface area contributed by atoms with Crippen molar-refractivity contribution < 1.29 is 23.4 Å². The number of amides is 1. The second-order valence-electron chi connectivity index (χ2n) is 9.16. The molecular formula is C24H33FN4O4. The normalized spacial score (nSPS) is 20.8. The molecule has 1 aromatic rings. The van der Waals surface area contributed by atoms with E-state index in [0.29, 0.717) is 11.4 Å². The van der Waals surface area contributed by atoms with Crippen LogP contribution in [0.3, 0.4) is 0 Å². The van der Waals surface area contributed by atoms with Gasteiger partial charge in [0.05, 0.1) is 31.2 Å².